The minimum absolute atomic E-state index is 0.00847. The van der Waals surface area contributed by atoms with E-state index in [9.17, 15) is 13.2 Å². The number of sulfone groups is 1. The third-order valence-corrected chi connectivity index (χ3v) is 5.42. The summed E-state index contributed by atoms with van der Waals surface area (Å²) in [5.41, 5.74) is 1.30. The van der Waals surface area contributed by atoms with Gasteiger partial charge in [0.15, 0.2) is 0 Å². The largest absolute Gasteiger partial charge is 0.411 e. The predicted molar refractivity (Wildman–Crippen MR) is 98.6 cm³/mol. The van der Waals surface area contributed by atoms with Crippen LogP contribution in [0.2, 0.25) is 5.02 Å². The van der Waals surface area contributed by atoms with E-state index in [0.29, 0.717) is 10.6 Å². The molecule has 1 amide bonds. The van der Waals surface area contributed by atoms with Gasteiger partial charge in [0.1, 0.15) is 0 Å². The summed E-state index contributed by atoms with van der Waals surface area (Å²) in [6.45, 7) is -0.0553. The number of hydrogen-bond donors (Lipinski definition) is 1. The first-order chi connectivity index (χ1) is 12.9. The van der Waals surface area contributed by atoms with Gasteiger partial charge in [-0.05, 0) is 17.2 Å². The van der Waals surface area contributed by atoms with Gasteiger partial charge < -0.3 is 9.73 Å². The van der Waals surface area contributed by atoms with Gasteiger partial charge >= 0.3 is 5.22 Å². The van der Waals surface area contributed by atoms with Crippen LogP contribution in [0, 0.1) is 0 Å². The molecule has 2 aromatic carbocycles. The minimum atomic E-state index is -3.84. The average Bonchev–Trinajstić information content (AvgIpc) is 3.13. The van der Waals surface area contributed by atoms with Crippen molar-refractivity contribution >= 4 is 27.3 Å². The van der Waals surface area contributed by atoms with Gasteiger partial charge in [-0.1, -0.05) is 65.2 Å². The van der Waals surface area contributed by atoms with Crippen LogP contribution < -0.4 is 5.32 Å². The Balaban J connectivity index is 1.60. The number of nitrogens with one attached hydrogen (secondary N) is 1. The molecule has 1 aromatic heterocycles. The lowest BCUT2D eigenvalue weighted by Gasteiger charge is -2.03. The van der Waals surface area contributed by atoms with E-state index >= 15 is 0 Å². The molecule has 0 unspecified atom stereocenters. The van der Waals surface area contributed by atoms with Crippen LogP contribution in [0.25, 0.3) is 0 Å². The number of amides is 1. The summed E-state index contributed by atoms with van der Waals surface area (Å²) in [4.78, 5) is 11.9. The molecule has 3 rings (SSSR count). The molecule has 0 aliphatic heterocycles. The second kappa shape index (κ2) is 8.32. The molecule has 0 bridgehead atoms. The Morgan fingerprint density at radius 1 is 1.04 bits per heavy atom. The normalized spacial score (nSPS) is 11.3. The summed E-state index contributed by atoms with van der Waals surface area (Å²) in [6.07, 6.45) is 0.201. The van der Waals surface area contributed by atoms with Crippen LogP contribution >= 0.6 is 11.6 Å². The van der Waals surface area contributed by atoms with E-state index in [2.05, 4.69) is 15.5 Å². The molecule has 0 radical (unpaired) electrons. The van der Waals surface area contributed by atoms with Gasteiger partial charge in [-0.15, -0.1) is 5.10 Å². The Bertz CT molecular complexity index is 1040. The van der Waals surface area contributed by atoms with Crippen LogP contribution in [0.4, 0.5) is 0 Å². The molecule has 0 fully saturated rings. The Labute approximate surface area is 161 Å². The first-order valence-electron chi connectivity index (χ1n) is 8.03. The van der Waals surface area contributed by atoms with Crippen LogP contribution in [0.15, 0.2) is 64.2 Å². The van der Waals surface area contributed by atoms with Crippen molar-refractivity contribution < 1.29 is 17.6 Å². The van der Waals surface area contributed by atoms with Gasteiger partial charge in [-0.2, -0.15) is 0 Å². The zero-order valence-corrected chi connectivity index (χ0v) is 15.7. The van der Waals surface area contributed by atoms with Crippen LogP contribution in [0.3, 0.4) is 0 Å². The quantitative estimate of drug-likeness (QED) is 0.648. The zero-order valence-electron chi connectivity index (χ0n) is 14.1. The highest BCUT2D eigenvalue weighted by molar-refractivity contribution is 7.90. The van der Waals surface area contributed by atoms with Crippen LogP contribution in [0.1, 0.15) is 17.0 Å². The number of halogens is 1. The predicted octanol–water partition coefficient (Wildman–Crippen LogP) is 2.56. The summed E-state index contributed by atoms with van der Waals surface area (Å²) >= 11 is 6.00. The van der Waals surface area contributed by atoms with Gasteiger partial charge in [0.05, 0.1) is 18.7 Å². The van der Waals surface area contributed by atoms with Gasteiger partial charge in [-0.25, -0.2) is 8.42 Å². The molecule has 3 aromatic rings. The molecule has 0 spiro atoms. The molecule has 27 heavy (non-hydrogen) atoms. The maximum absolute atomic E-state index is 12.4. The van der Waals surface area contributed by atoms with Crippen molar-refractivity contribution in [1.29, 1.82) is 0 Å². The first-order valence-corrected chi connectivity index (χ1v) is 10.1. The molecular weight excluding hydrogens is 390 g/mol. The standard InChI is InChI=1S/C18H16ClN3O4S/c19-15-9-5-4-8-14(15)12-27(24,25)18-22-21-17(26-18)11-20-16(23)10-13-6-2-1-3-7-13/h1-9H,10-12H2,(H,20,23). The molecule has 0 saturated heterocycles. The molecule has 1 heterocycles. The number of nitrogens with zero attached hydrogens (tertiary/aromatic N) is 2. The molecule has 0 saturated carbocycles. The second-order valence-electron chi connectivity index (χ2n) is 5.75. The van der Waals surface area contributed by atoms with Gasteiger partial charge in [0.25, 0.3) is 0 Å². The van der Waals surface area contributed by atoms with Gasteiger partial charge in [0.2, 0.25) is 21.6 Å². The van der Waals surface area contributed by atoms with Gasteiger partial charge in [0, 0.05) is 5.02 Å². The van der Waals surface area contributed by atoms with E-state index in [1.807, 2.05) is 30.3 Å². The molecule has 1 N–H and O–H groups in total. The van der Waals surface area contributed by atoms with Crippen molar-refractivity contribution in [2.75, 3.05) is 0 Å². The fourth-order valence-electron chi connectivity index (χ4n) is 2.34. The third kappa shape index (κ3) is 5.15. The minimum Gasteiger partial charge on any atom is -0.411 e. The van der Waals surface area contributed by atoms with Crippen molar-refractivity contribution in [2.24, 2.45) is 0 Å². The lowest BCUT2D eigenvalue weighted by Crippen LogP contribution is -2.24. The van der Waals surface area contributed by atoms with Crippen molar-refractivity contribution in [3.63, 3.8) is 0 Å². The fraction of sp³-hybridized carbons (Fsp3) is 0.167. The Morgan fingerprint density at radius 2 is 1.74 bits per heavy atom. The zero-order chi connectivity index (χ0) is 19.3. The van der Waals surface area contributed by atoms with Crippen LogP contribution in [0.5, 0.6) is 0 Å². The average molecular weight is 406 g/mol. The number of benzene rings is 2. The van der Waals surface area contributed by atoms with E-state index < -0.39 is 15.1 Å². The highest BCUT2D eigenvalue weighted by atomic mass is 35.5. The maximum atomic E-state index is 12.4. The maximum Gasteiger partial charge on any atom is 0.335 e. The molecule has 9 heteroatoms. The highest BCUT2D eigenvalue weighted by Crippen LogP contribution is 2.21. The van der Waals surface area contributed by atoms with E-state index in [1.165, 1.54) is 0 Å². The monoisotopic (exact) mass is 405 g/mol. The molecule has 0 atom stereocenters. The highest BCUT2D eigenvalue weighted by Gasteiger charge is 2.24. The van der Waals surface area contributed by atoms with E-state index in [4.69, 9.17) is 16.0 Å². The van der Waals surface area contributed by atoms with Crippen molar-refractivity contribution in [2.45, 2.75) is 23.9 Å². The number of carbonyl (C=O) groups excluding carboxylic acids is 1. The molecule has 7 nitrogen and oxygen atoms in total. The number of rotatable bonds is 7. The van der Waals surface area contributed by atoms with E-state index in [1.54, 1.807) is 24.3 Å². The molecule has 140 valence electrons. The summed E-state index contributed by atoms with van der Waals surface area (Å²) in [6, 6.07) is 15.9. The summed E-state index contributed by atoms with van der Waals surface area (Å²) in [5, 5.41) is 9.72. The Hall–Kier alpha value is -2.71. The molecule has 0 aliphatic rings. The fourth-order valence-corrected chi connectivity index (χ4v) is 3.79. The van der Waals surface area contributed by atoms with E-state index in [-0.39, 0.29) is 30.5 Å². The third-order valence-electron chi connectivity index (χ3n) is 3.66. The number of aromatic nitrogens is 2. The Morgan fingerprint density at radius 3 is 2.48 bits per heavy atom. The van der Waals surface area contributed by atoms with E-state index in [0.717, 1.165) is 5.56 Å². The SMILES string of the molecule is O=C(Cc1ccccc1)NCc1nnc(S(=O)(=O)Cc2ccccc2Cl)o1. The van der Waals surface area contributed by atoms with Crippen molar-refractivity contribution in [3.05, 3.63) is 76.6 Å². The van der Waals surface area contributed by atoms with Crippen LogP contribution in [-0.4, -0.2) is 24.5 Å². The van der Waals surface area contributed by atoms with Gasteiger partial charge in [-0.3, -0.25) is 4.79 Å². The molecular formula is C18H16ClN3O4S. The second-order valence-corrected chi connectivity index (χ2v) is 8.03. The lowest BCUT2D eigenvalue weighted by molar-refractivity contribution is -0.120. The molecule has 0 aliphatic carbocycles. The summed E-state index contributed by atoms with van der Waals surface area (Å²) in [7, 11) is -3.84. The van der Waals surface area contributed by atoms with Crippen LogP contribution in [-0.2, 0) is 33.4 Å². The smallest absolute Gasteiger partial charge is 0.335 e. The topological polar surface area (TPSA) is 102 Å². The Kier molecular flexibility index (Phi) is 5.88. The van der Waals surface area contributed by atoms with Crippen molar-refractivity contribution in [1.82, 2.24) is 15.5 Å². The summed E-state index contributed by atoms with van der Waals surface area (Å²) in [5.74, 6) is -0.580. The first kappa shape index (κ1) is 19.1. The van der Waals surface area contributed by atoms with Crippen molar-refractivity contribution in [3.8, 4) is 0 Å². The number of hydrogen-bond acceptors (Lipinski definition) is 6. The number of carbonyl (C=O) groups is 1. The lowest BCUT2D eigenvalue weighted by atomic mass is 10.1. The summed E-state index contributed by atoms with van der Waals surface area (Å²) < 4.78 is 30.0.